The van der Waals surface area contributed by atoms with Crippen LogP contribution in [-0.4, -0.2) is 12.5 Å². The zero-order valence-corrected chi connectivity index (χ0v) is 13.5. The standard InChI is InChI=1S/C20H20N2O2/c21-17-7-3-8-18-16(17)6-4-12-22(18)20(23)11-10-15-13-14-5-1-2-9-19(14)24-15/h1-3,5,7-9,13H,4,6,10-12,21H2. The summed E-state index contributed by atoms with van der Waals surface area (Å²) in [5.41, 5.74) is 9.78. The molecule has 3 aromatic rings. The van der Waals surface area contributed by atoms with Crippen molar-refractivity contribution >= 4 is 28.3 Å². The number of rotatable bonds is 3. The molecular weight excluding hydrogens is 300 g/mol. The third-order valence-electron chi connectivity index (χ3n) is 4.65. The van der Waals surface area contributed by atoms with Crippen LogP contribution in [0.25, 0.3) is 11.0 Å². The average Bonchev–Trinajstić information content (AvgIpc) is 3.02. The van der Waals surface area contributed by atoms with Gasteiger partial charge >= 0.3 is 0 Å². The van der Waals surface area contributed by atoms with Gasteiger partial charge < -0.3 is 15.1 Å². The van der Waals surface area contributed by atoms with E-state index in [2.05, 4.69) is 0 Å². The molecule has 0 radical (unpaired) electrons. The molecule has 0 saturated heterocycles. The number of fused-ring (bicyclic) bond motifs is 2. The second-order valence-electron chi connectivity index (χ2n) is 6.24. The molecule has 0 bridgehead atoms. The summed E-state index contributed by atoms with van der Waals surface area (Å²) in [6, 6.07) is 15.7. The van der Waals surface area contributed by atoms with E-state index < -0.39 is 0 Å². The van der Waals surface area contributed by atoms with Crippen molar-refractivity contribution in [3.8, 4) is 0 Å². The minimum absolute atomic E-state index is 0.127. The van der Waals surface area contributed by atoms with Crippen LogP contribution in [0.1, 0.15) is 24.2 Å². The van der Waals surface area contributed by atoms with Gasteiger partial charge in [0, 0.05) is 36.1 Å². The molecule has 1 amide bonds. The maximum Gasteiger partial charge on any atom is 0.227 e. The van der Waals surface area contributed by atoms with E-state index in [1.165, 1.54) is 0 Å². The molecule has 2 aromatic carbocycles. The maximum absolute atomic E-state index is 12.7. The van der Waals surface area contributed by atoms with Crippen molar-refractivity contribution in [3.05, 3.63) is 59.9 Å². The van der Waals surface area contributed by atoms with Gasteiger partial charge in [-0.05, 0) is 42.7 Å². The zero-order valence-electron chi connectivity index (χ0n) is 13.5. The molecule has 1 aliphatic heterocycles. The Bertz CT molecular complexity index is 865. The number of nitrogens with two attached hydrogens (primary N) is 1. The Hall–Kier alpha value is -2.75. The molecule has 0 spiro atoms. The number of anilines is 2. The molecule has 0 atom stereocenters. The Morgan fingerprint density at radius 3 is 2.92 bits per heavy atom. The van der Waals surface area contributed by atoms with E-state index in [1.807, 2.05) is 53.4 Å². The topological polar surface area (TPSA) is 59.5 Å². The quantitative estimate of drug-likeness (QED) is 0.744. The molecule has 2 heterocycles. The van der Waals surface area contributed by atoms with Crippen LogP contribution in [0, 0.1) is 0 Å². The maximum atomic E-state index is 12.7. The fourth-order valence-electron chi connectivity index (χ4n) is 3.44. The number of nitrogen functional groups attached to an aromatic ring is 1. The normalized spacial score (nSPS) is 13.9. The van der Waals surface area contributed by atoms with Crippen LogP contribution < -0.4 is 10.6 Å². The van der Waals surface area contributed by atoms with Crippen molar-refractivity contribution in [2.45, 2.75) is 25.7 Å². The van der Waals surface area contributed by atoms with Crippen LogP contribution in [0.15, 0.2) is 52.9 Å². The fourth-order valence-corrected chi connectivity index (χ4v) is 3.44. The summed E-state index contributed by atoms with van der Waals surface area (Å²) in [7, 11) is 0. The van der Waals surface area contributed by atoms with Gasteiger partial charge in [0.1, 0.15) is 11.3 Å². The summed E-state index contributed by atoms with van der Waals surface area (Å²) in [6.45, 7) is 0.759. The van der Waals surface area contributed by atoms with Gasteiger partial charge in [0.15, 0.2) is 0 Å². The van der Waals surface area contributed by atoms with Crippen LogP contribution >= 0.6 is 0 Å². The molecule has 4 rings (SSSR count). The lowest BCUT2D eigenvalue weighted by Crippen LogP contribution is -2.35. The van der Waals surface area contributed by atoms with E-state index in [1.54, 1.807) is 0 Å². The number of furan rings is 1. The van der Waals surface area contributed by atoms with Crippen LogP contribution in [-0.2, 0) is 17.6 Å². The first-order chi connectivity index (χ1) is 11.7. The van der Waals surface area contributed by atoms with Gasteiger partial charge in [0.05, 0.1) is 0 Å². The lowest BCUT2D eigenvalue weighted by Gasteiger charge is -2.30. The smallest absolute Gasteiger partial charge is 0.227 e. The highest BCUT2D eigenvalue weighted by atomic mass is 16.3. The SMILES string of the molecule is Nc1cccc2c1CCCN2C(=O)CCc1cc2ccccc2o1. The highest BCUT2D eigenvalue weighted by molar-refractivity contribution is 5.95. The number of hydrogen-bond acceptors (Lipinski definition) is 3. The van der Waals surface area contributed by atoms with Gasteiger partial charge in [-0.2, -0.15) is 0 Å². The Labute approximate surface area is 140 Å². The lowest BCUT2D eigenvalue weighted by molar-refractivity contribution is -0.118. The van der Waals surface area contributed by atoms with Gasteiger partial charge in [0.2, 0.25) is 5.91 Å². The van der Waals surface area contributed by atoms with Crippen molar-refractivity contribution in [1.29, 1.82) is 0 Å². The zero-order chi connectivity index (χ0) is 16.5. The van der Waals surface area contributed by atoms with Gasteiger partial charge in [-0.1, -0.05) is 24.3 Å². The van der Waals surface area contributed by atoms with E-state index >= 15 is 0 Å². The summed E-state index contributed by atoms with van der Waals surface area (Å²) >= 11 is 0. The average molecular weight is 320 g/mol. The van der Waals surface area contributed by atoms with Crippen LogP contribution in [0.3, 0.4) is 0 Å². The molecule has 122 valence electrons. The van der Waals surface area contributed by atoms with Crippen LogP contribution in [0.5, 0.6) is 0 Å². The molecule has 0 unspecified atom stereocenters. The predicted octanol–water partition coefficient (Wildman–Crippen LogP) is 3.93. The van der Waals surface area contributed by atoms with E-state index in [0.717, 1.165) is 53.1 Å². The Kier molecular flexibility index (Phi) is 3.73. The van der Waals surface area contributed by atoms with E-state index in [9.17, 15) is 4.79 Å². The van der Waals surface area contributed by atoms with Crippen molar-refractivity contribution in [3.63, 3.8) is 0 Å². The molecule has 4 heteroatoms. The van der Waals surface area contributed by atoms with Crippen molar-refractivity contribution in [2.75, 3.05) is 17.2 Å². The van der Waals surface area contributed by atoms with E-state index in [0.29, 0.717) is 12.8 Å². The molecule has 24 heavy (non-hydrogen) atoms. The Morgan fingerprint density at radius 1 is 1.17 bits per heavy atom. The minimum Gasteiger partial charge on any atom is -0.461 e. The second kappa shape index (κ2) is 6.04. The first-order valence-corrected chi connectivity index (χ1v) is 8.37. The monoisotopic (exact) mass is 320 g/mol. The molecule has 0 fully saturated rings. The van der Waals surface area contributed by atoms with Gasteiger partial charge in [0.25, 0.3) is 0 Å². The first kappa shape index (κ1) is 14.8. The summed E-state index contributed by atoms with van der Waals surface area (Å²) in [6.07, 6.45) is 2.95. The van der Waals surface area contributed by atoms with Crippen molar-refractivity contribution < 1.29 is 9.21 Å². The van der Waals surface area contributed by atoms with Crippen molar-refractivity contribution in [2.24, 2.45) is 0 Å². The number of aryl methyl sites for hydroxylation is 1. The number of carbonyl (C=O) groups excluding carboxylic acids is 1. The molecule has 1 aromatic heterocycles. The molecule has 4 nitrogen and oxygen atoms in total. The van der Waals surface area contributed by atoms with Crippen molar-refractivity contribution in [1.82, 2.24) is 0 Å². The number of amides is 1. The second-order valence-corrected chi connectivity index (χ2v) is 6.24. The van der Waals surface area contributed by atoms with Crippen LogP contribution in [0.4, 0.5) is 11.4 Å². The number of nitrogens with zero attached hydrogens (tertiary/aromatic N) is 1. The van der Waals surface area contributed by atoms with Crippen LogP contribution in [0.2, 0.25) is 0 Å². The van der Waals surface area contributed by atoms with Gasteiger partial charge in [-0.3, -0.25) is 4.79 Å². The third-order valence-corrected chi connectivity index (χ3v) is 4.65. The summed E-state index contributed by atoms with van der Waals surface area (Å²) in [4.78, 5) is 14.6. The molecule has 0 aliphatic carbocycles. The highest BCUT2D eigenvalue weighted by Crippen LogP contribution is 2.32. The minimum atomic E-state index is 0.127. The van der Waals surface area contributed by atoms with E-state index in [4.69, 9.17) is 10.2 Å². The number of hydrogen-bond donors (Lipinski definition) is 1. The summed E-state index contributed by atoms with van der Waals surface area (Å²) in [5.74, 6) is 0.983. The van der Waals surface area contributed by atoms with Gasteiger partial charge in [-0.25, -0.2) is 0 Å². The number of para-hydroxylation sites is 1. The van der Waals surface area contributed by atoms with Gasteiger partial charge in [-0.15, -0.1) is 0 Å². The Morgan fingerprint density at radius 2 is 2.04 bits per heavy atom. The molecule has 0 saturated carbocycles. The predicted molar refractivity (Wildman–Crippen MR) is 96.1 cm³/mol. The largest absolute Gasteiger partial charge is 0.461 e. The van der Waals surface area contributed by atoms with E-state index in [-0.39, 0.29) is 5.91 Å². The number of carbonyl (C=O) groups is 1. The molecule has 1 aliphatic rings. The summed E-state index contributed by atoms with van der Waals surface area (Å²) < 4.78 is 5.80. The molecule has 2 N–H and O–H groups in total. The molecular formula is C20H20N2O2. The summed E-state index contributed by atoms with van der Waals surface area (Å²) in [5, 5.41) is 1.08. The fraction of sp³-hybridized carbons (Fsp3) is 0.250. The third kappa shape index (κ3) is 2.64. The highest BCUT2D eigenvalue weighted by Gasteiger charge is 2.23. The Balaban J connectivity index is 1.50. The first-order valence-electron chi connectivity index (χ1n) is 8.37. The number of benzene rings is 2. The lowest BCUT2D eigenvalue weighted by atomic mass is 9.99.